The Labute approximate surface area is 184 Å². The van der Waals surface area contributed by atoms with E-state index in [2.05, 4.69) is 0 Å². The number of anilines is 1. The first kappa shape index (κ1) is 20.6. The smallest absolute Gasteiger partial charge is 0.337 e. The molecule has 0 fully saturated rings. The molecule has 0 spiro atoms. The molecule has 1 aromatic heterocycles. The van der Waals surface area contributed by atoms with Crippen molar-refractivity contribution in [3.05, 3.63) is 99.3 Å². The van der Waals surface area contributed by atoms with E-state index in [9.17, 15) is 9.59 Å². The lowest BCUT2D eigenvalue weighted by Gasteiger charge is -2.23. The predicted octanol–water partition coefficient (Wildman–Crippen LogP) is 4.46. The van der Waals surface area contributed by atoms with Crippen LogP contribution in [0.1, 0.15) is 15.9 Å². The normalized spacial score (nSPS) is 10.8. The number of hydrogen-bond donors (Lipinski definition) is 0. The summed E-state index contributed by atoms with van der Waals surface area (Å²) in [4.78, 5) is 32.1. The fourth-order valence-corrected chi connectivity index (χ4v) is 3.55. The number of carbonyl (C=O) groups excluding carboxylic acids is 1. The molecule has 0 aliphatic heterocycles. The molecule has 4 aromatic rings. The fourth-order valence-electron chi connectivity index (χ4n) is 3.43. The van der Waals surface area contributed by atoms with Gasteiger partial charge >= 0.3 is 5.97 Å². The number of aromatic nitrogens is 2. The highest BCUT2D eigenvalue weighted by Crippen LogP contribution is 2.22. The van der Waals surface area contributed by atoms with Crippen LogP contribution in [0.15, 0.2) is 77.6 Å². The third kappa shape index (κ3) is 4.15. The van der Waals surface area contributed by atoms with Crippen molar-refractivity contribution in [1.29, 1.82) is 0 Å². The molecule has 0 aliphatic carbocycles. The van der Waals surface area contributed by atoms with Crippen LogP contribution in [-0.2, 0) is 11.3 Å². The van der Waals surface area contributed by atoms with Gasteiger partial charge in [-0.15, -0.1) is 0 Å². The first-order valence-electron chi connectivity index (χ1n) is 9.64. The molecule has 0 saturated heterocycles. The van der Waals surface area contributed by atoms with Crippen molar-refractivity contribution in [3.8, 4) is 5.69 Å². The third-order valence-electron chi connectivity index (χ3n) is 4.96. The number of halogens is 1. The Bertz CT molecular complexity index is 1300. The van der Waals surface area contributed by atoms with Gasteiger partial charge in [-0.2, -0.15) is 0 Å². The monoisotopic (exact) mass is 433 g/mol. The molecule has 0 aliphatic rings. The van der Waals surface area contributed by atoms with E-state index < -0.39 is 5.97 Å². The van der Waals surface area contributed by atoms with Crippen molar-refractivity contribution in [2.45, 2.75) is 6.54 Å². The van der Waals surface area contributed by atoms with Crippen LogP contribution in [0.5, 0.6) is 0 Å². The Balaban J connectivity index is 1.92. The van der Waals surface area contributed by atoms with Crippen LogP contribution in [0, 0.1) is 0 Å². The molecule has 7 heteroatoms. The molecule has 4 rings (SSSR count). The number of rotatable bonds is 5. The zero-order valence-corrected chi connectivity index (χ0v) is 17.8. The van der Waals surface area contributed by atoms with Crippen LogP contribution in [0.4, 0.5) is 5.95 Å². The van der Waals surface area contributed by atoms with Gasteiger partial charge in [-0.1, -0.05) is 41.9 Å². The van der Waals surface area contributed by atoms with Gasteiger partial charge in [-0.05, 0) is 48.0 Å². The molecule has 0 amide bonds. The molecule has 1 heterocycles. The van der Waals surface area contributed by atoms with E-state index in [1.54, 1.807) is 47.0 Å². The first-order chi connectivity index (χ1) is 15.0. The lowest BCUT2D eigenvalue weighted by atomic mass is 10.1. The first-order valence-corrected chi connectivity index (χ1v) is 10.0. The number of nitrogens with zero attached hydrogens (tertiary/aromatic N) is 3. The maximum absolute atomic E-state index is 13.5. The van der Waals surface area contributed by atoms with Crippen molar-refractivity contribution in [1.82, 2.24) is 9.55 Å². The van der Waals surface area contributed by atoms with Gasteiger partial charge in [0.15, 0.2) is 0 Å². The molecule has 0 atom stereocenters. The number of hydrogen-bond acceptors (Lipinski definition) is 5. The second-order valence-electron chi connectivity index (χ2n) is 7.09. The number of ether oxygens (including phenoxy) is 1. The highest BCUT2D eigenvalue weighted by Gasteiger charge is 2.18. The molecule has 156 valence electrons. The minimum absolute atomic E-state index is 0.237. The summed E-state index contributed by atoms with van der Waals surface area (Å²) in [6.45, 7) is 0.545. The second kappa shape index (κ2) is 8.62. The Morgan fingerprint density at radius 1 is 1.06 bits per heavy atom. The molecule has 0 bridgehead atoms. The Hall–Kier alpha value is -3.64. The van der Waals surface area contributed by atoms with Gasteiger partial charge in [-0.25, -0.2) is 14.3 Å². The molecule has 3 aromatic carbocycles. The number of methoxy groups -OCH3 is 1. The predicted molar refractivity (Wildman–Crippen MR) is 122 cm³/mol. The average Bonchev–Trinajstić information content (AvgIpc) is 2.79. The lowest BCUT2D eigenvalue weighted by molar-refractivity contribution is 0.0601. The molecule has 0 saturated carbocycles. The van der Waals surface area contributed by atoms with Gasteiger partial charge in [-0.3, -0.25) is 4.79 Å². The van der Waals surface area contributed by atoms with Gasteiger partial charge in [0.05, 0.1) is 29.3 Å². The number of esters is 1. The lowest BCUT2D eigenvalue weighted by Crippen LogP contribution is -2.29. The maximum atomic E-state index is 13.5. The molecule has 0 N–H and O–H groups in total. The third-order valence-corrected chi connectivity index (χ3v) is 5.21. The van der Waals surface area contributed by atoms with Gasteiger partial charge in [0.1, 0.15) is 0 Å². The highest BCUT2D eigenvalue weighted by molar-refractivity contribution is 6.30. The van der Waals surface area contributed by atoms with E-state index >= 15 is 0 Å². The van der Waals surface area contributed by atoms with Crippen LogP contribution in [-0.4, -0.2) is 29.7 Å². The van der Waals surface area contributed by atoms with E-state index in [0.29, 0.717) is 39.7 Å². The summed E-state index contributed by atoms with van der Waals surface area (Å²) < 4.78 is 6.36. The van der Waals surface area contributed by atoms with E-state index in [4.69, 9.17) is 21.3 Å². The summed E-state index contributed by atoms with van der Waals surface area (Å²) >= 11 is 6.05. The summed E-state index contributed by atoms with van der Waals surface area (Å²) in [5.41, 5.74) is 2.25. The molecule has 0 radical (unpaired) electrons. The SMILES string of the molecule is COC(=O)c1ccc2c(=O)n(-c3ccc(Cl)cc3)c(N(C)Cc3ccccc3)nc2c1. The summed E-state index contributed by atoms with van der Waals surface area (Å²) in [6, 6.07) is 21.7. The van der Waals surface area contributed by atoms with Crippen molar-refractivity contribution in [2.75, 3.05) is 19.1 Å². The standard InChI is InChI=1S/C24H20ClN3O3/c1-27(15-16-6-4-3-5-7-16)24-26-21-14-17(23(30)31-2)8-13-20(21)22(29)28(24)19-11-9-18(25)10-12-19/h3-14H,15H2,1-2H3. The Morgan fingerprint density at radius 2 is 1.77 bits per heavy atom. The van der Waals surface area contributed by atoms with Crippen LogP contribution in [0.25, 0.3) is 16.6 Å². The molecule has 31 heavy (non-hydrogen) atoms. The van der Waals surface area contributed by atoms with Crippen LogP contribution >= 0.6 is 11.6 Å². The zero-order valence-electron chi connectivity index (χ0n) is 17.1. The summed E-state index contributed by atoms with van der Waals surface area (Å²) in [7, 11) is 3.19. The zero-order chi connectivity index (χ0) is 22.0. The van der Waals surface area contributed by atoms with Crippen molar-refractivity contribution in [3.63, 3.8) is 0 Å². The Morgan fingerprint density at radius 3 is 2.45 bits per heavy atom. The van der Waals surface area contributed by atoms with Gasteiger partial charge < -0.3 is 9.64 Å². The minimum Gasteiger partial charge on any atom is -0.465 e. The molecule has 0 unspecified atom stereocenters. The molecule has 6 nitrogen and oxygen atoms in total. The maximum Gasteiger partial charge on any atom is 0.337 e. The summed E-state index contributed by atoms with van der Waals surface area (Å²) in [5.74, 6) is -0.0320. The van der Waals surface area contributed by atoms with E-state index in [1.165, 1.54) is 7.11 Å². The minimum atomic E-state index is -0.482. The number of benzene rings is 3. The molecular formula is C24H20ClN3O3. The van der Waals surface area contributed by atoms with Gasteiger partial charge in [0, 0.05) is 18.6 Å². The topological polar surface area (TPSA) is 64.4 Å². The highest BCUT2D eigenvalue weighted by atomic mass is 35.5. The van der Waals surface area contributed by atoms with Crippen molar-refractivity contribution < 1.29 is 9.53 Å². The van der Waals surface area contributed by atoms with E-state index in [0.717, 1.165) is 5.56 Å². The fraction of sp³-hybridized carbons (Fsp3) is 0.125. The largest absolute Gasteiger partial charge is 0.465 e. The molecular weight excluding hydrogens is 414 g/mol. The number of carbonyl (C=O) groups is 1. The van der Waals surface area contributed by atoms with E-state index in [-0.39, 0.29) is 5.56 Å². The van der Waals surface area contributed by atoms with Crippen molar-refractivity contribution in [2.24, 2.45) is 0 Å². The van der Waals surface area contributed by atoms with Gasteiger partial charge in [0.2, 0.25) is 5.95 Å². The van der Waals surface area contributed by atoms with Crippen molar-refractivity contribution >= 4 is 34.4 Å². The van der Waals surface area contributed by atoms with Crippen LogP contribution < -0.4 is 10.5 Å². The van der Waals surface area contributed by atoms with Gasteiger partial charge in [0.25, 0.3) is 5.56 Å². The Kier molecular flexibility index (Phi) is 5.73. The summed E-state index contributed by atoms with van der Waals surface area (Å²) in [6.07, 6.45) is 0. The van der Waals surface area contributed by atoms with Crippen LogP contribution in [0.2, 0.25) is 5.02 Å². The number of fused-ring (bicyclic) bond motifs is 1. The summed E-state index contributed by atoms with van der Waals surface area (Å²) in [5, 5.41) is 0.979. The quantitative estimate of drug-likeness (QED) is 0.435. The van der Waals surface area contributed by atoms with E-state index in [1.807, 2.05) is 42.3 Å². The van der Waals surface area contributed by atoms with Crippen LogP contribution in [0.3, 0.4) is 0 Å². The second-order valence-corrected chi connectivity index (χ2v) is 7.53. The average molecular weight is 434 g/mol.